The molecule has 2 heteroatoms. The van der Waals surface area contributed by atoms with Gasteiger partial charge in [0.25, 0.3) is 0 Å². The van der Waals surface area contributed by atoms with E-state index in [9.17, 15) is 0 Å². The minimum atomic E-state index is 0.711. The van der Waals surface area contributed by atoms with Crippen LogP contribution in [0.5, 0.6) is 0 Å². The summed E-state index contributed by atoms with van der Waals surface area (Å²) in [6.07, 6.45) is 3.03. The summed E-state index contributed by atoms with van der Waals surface area (Å²) in [7, 11) is 0. The second kappa shape index (κ2) is 6.37. The number of nitrogens with one attached hydrogen (secondary N) is 1. The summed E-state index contributed by atoms with van der Waals surface area (Å²) in [5.41, 5.74) is 4.82. The molecule has 1 aromatic heterocycles. The van der Waals surface area contributed by atoms with Crippen LogP contribution in [0.25, 0.3) is 0 Å². The fraction of sp³-hybridized carbons (Fsp3) is 0.353. The van der Waals surface area contributed by atoms with Crippen molar-refractivity contribution in [2.24, 2.45) is 5.92 Å². The van der Waals surface area contributed by atoms with E-state index in [2.05, 4.69) is 54.5 Å². The molecule has 0 spiro atoms. The van der Waals surface area contributed by atoms with Crippen LogP contribution in [0.2, 0.25) is 0 Å². The zero-order valence-electron chi connectivity index (χ0n) is 12.0. The van der Waals surface area contributed by atoms with Crippen molar-refractivity contribution < 1.29 is 0 Å². The maximum atomic E-state index is 4.28. The fourth-order valence-electron chi connectivity index (χ4n) is 2.04. The Bertz CT molecular complexity index is 498. The number of pyridine rings is 1. The summed E-state index contributed by atoms with van der Waals surface area (Å²) in [6.45, 7) is 7.34. The van der Waals surface area contributed by atoms with Gasteiger partial charge in [0.2, 0.25) is 0 Å². The topological polar surface area (TPSA) is 24.9 Å². The molecule has 1 heterocycles. The molecule has 2 aromatic rings. The highest BCUT2D eigenvalue weighted by atomic mass is 14.9. The van der Waals surface area contributed by atoms with Crippen LogP contribution in [0.4, 0.5) is 5.69 Å². The monoisotopic (exact) mass is 254 g/mol. The average molecular weight is 254 g/mol. The highest BCUT2D eigenvalue weighted by Crippen LogP contribution is 2.12. The van der Waals surface area contributed by atoms with E-state index < -0.39 is 0 Å². The second-order valence-electron chi connectivity index (χ2n) is 5.46. The Morgan fingerprint density at radius 1 is 1.00 bits per heavy atom. The first-order valence-corrected chi connectivity index (χ1v) is 6.88. The lowest BCUT2D eigenvalue weighted by Gasteiger charge is -2.08. The van der Waals surface area contributed by atoms with Crippen LogP contribution in [0.3, 0.4) is 0 Å². The number of aryl methyl sites for hydroxylation is 1. The summed E-state index contributed by atoms with van der Waals surface area (Å²) in [5.74, 6) is 0.711. The third-order valence-corrected chi connectivity index (χ3v) is 3.07. The molecule has 0 unspecified atom stereocenters. The molecule has 0 fully saturated rings. The predicted octanol–water partition coefficient (Wildman–Crippen LogP) is 4.20. The Morgan fingerprint density at radius 2 is 1.68 bits per heavy atom. The number of aromatic nitrogens is 1. The lowest BCUT2D eigenvalue weighted by Crippen LogP contribution is -2.00. The average Bonchev–Trinajstić information content (AvgIpc) is 2.39. The van der Waals surface area contributed by atoms with Gasteiger partial charge in [-0.2, -0.15) is 0 Å². The van der Waals surface area contributed by atoms with Crippen LogP contribution in [0.15, 0.2) is 42.6 Å². The summed E-state index contributed by atoms with van der Waals surface area (Å²) in [6, 6.07) is 12.9. The van der Waals surface area contributed by atoms with Gasteiger partial charge in [0.1, 0.15) is 0 Å². The Labute approximate surface area is 115 Å². The van der Waals surface area contributed by atoms with E-state index in [4.69, 9.17) is 0 Å². The van der Waals surface area contributed by atoms with Gasteiger partial charge in [-0.3, -0.25) is 4.98 Å². The van der Waals surface area contributed by atoms with Crippen molar-refractivity contribution in [1.29, 1.82) is 0 Å². The first-order valence-electron chi connectivity index (χ1n) is 6.88. The van der Waals surface area contributed by atoms with Gasteiger partial charge < -0.3 is 5.32 Å². The summed E-state index contributed by atoms with van der Waals surface area (Å²) in [4.78, 5) is 4.28. The van der Waals surface area contributed by atoms with Crippen LogP contribution < -0.4 is 5.32 Å². The number of hydrogen-bond donors (Lipinski definition) is 1. The SMILES string of the molecule is Cc1ccc(NCc2ccc(CC(C)C)cc2)cn1. The van der Waals surface area contributed by atoms with E-state index in [0.717, 1.165) is 24.3 Å². The summed E-state index contributed by atoms with van der Waals surface area (Å²) < 4.78 is 0. The molecule has 1 aromatic carbocycles. The molecule has 0 bridgehead atoms. The van der Waals surface area contributed by atoms with Gasteiger partial charge >= 0.3 is 0 Å². The van der Waals surface area contributed by atoms with Crippen LogP contribution in [-0.4, -0.2) is 4.98 Å². The van der Waals surface area contributed by atoms with Gasteiger partial charge in [0, 0.05) is 12.2 Å². The van der Waals surface area contributed by atoms with Crippen molar-refractivity contribution >= 4 is 5.69 Å². The molecule has 100 valence electrons. The van der Waals surface area contributed by atoms with E-state index in [1.807, 2.05) is 19.2 Å². The van der Waals surface area contributed by atoms with Crippen molar-refractivity contribution in [2.75, 3.05) is 5.32 Å². The minimum Gasteiger partial charge on any atom is -0.380 e. The molecule has 19 heavy (non-hydrogen) atoms. The summed E-state index contributed by atoms with van der Waals surface area (Å²) in [5, 5.41) is 3.39. The number of rotatable bonds is 5. The molecule has 1 N–H and O–H groups in total. The van der Waals surface area contributed by atoms with E-state index >= 15 is 0 Å². The molecule has 0 aliphatic carbocycles. The molecule has 0 amide bonds. The molecule has 0 saturated carbocycles. The van der Waals surface area contributed by atoms with Crippen molar-refractivity contribution in [3.05, 3.63) is 59.4 Å². The third-order valence-electron chi connectivity index (χ3n) is 3.07. The van der Waals surface area contributed by atoms with E-state index in [1.165, 1.54) is 11.1 Å². The summed E-state index contributed by atoms with van der Waals surface area (Å²) >= 11 is 0. The highest BCUT2D eigenvalue weighted by molar-refractivity contribution is 5.41. The van der Waals surface area contributed by atoms with Crippen molar-refractivity contribution in [3.8, 4) is 0 Å². The Balaban J connectivity index is 1.91. The number of hydrogen-bond acceptors (Lipinski definition) is 2. The molecule has 0 aliphatic rings. The van der Waals surface area contributed by atoms with E-state index in [0.29, 0.717) is 5.92 Å². The Kier molecular flexibility index (Phi) is 4.56. The van der Waals surface area contributed by atoms with E-state index in [1.54, 1.807) is 0 Å². The quantitative estimate of drug-likeness (QED) is 0.865. The lowest BCUT2D eigenvalue weighted by molar-refractivity contribution is 0.647. The first kappa shape index (κ1) is 13.6. The standard InChI is InChI=1S/C17H22N2/c1-13(2)10-15-5-7-16(8-6-15)11-19-17-9-4-14(3)18-12-17/h4-9,12-13,19H,10-11H2,1-3H3. The van der Waals surface area contributed by atoms with Crippen LogP contribution in [-0.2, 0) is 13.0 Å². The van der Waals surface area contributed by atoms with Gasteiger partial charge in [-0.15, -0.1) is 0 Å². The number of benzene rings is 1. The normalized spacial score (nSPS) is 10.7. The maximum Gasteiger partial charge on any atom is 0.0529 e. The number of anilines is 1. The lowest BCUT2D eigenvalue weighted by atomic mass is 10.0. The molecular formula is C17H22N2. The van der Waals surface area contributed by atoms with Crippen LogP contribution in [0.1, 0.15) is 30.7 Å². The Morgan fingerprint density at radius 3 is 2.26 bits per heavy atom. The fourth-order valence-corrected chi connectivity index (χ4v) is 2.04. The molecule has 2 nitrogen and oxygen atoms in total. The molecule has 0 atom stereocenters. The highest BCUT2D eigenvalue weighted by Gasteiger charge is 1.99. The van der Waals surface area contributed by atoms with Crippen LogP contribution in [0, 0.1) is 12.8 Å². The predicted molar refractivity (Wildman–Crippen MR) is 81.3 cm³/mol. The van der Waals surface area contributed by atoms with Gasteiger partial charge in [0.15, 0.2) is 0 Å². The largest absolute Gasteiger partial charge is 0.380 e. The smallest absolute Gasteiger partial charge is 0.0529 e. The first-order chi connectivity index (χ1) is 9.13. The zero-order valence-corrected chi connectivity index (χ0v) is 12.0. The van der Waals surface area contributed by atoms with Gasteiger partial charge in [-0.1, -0.05) is 38.1 Å². The third kappa shape index (κ3) is 4.40. The van der Waals surface area contributed by atoms with Crippen molar-refractivity contribution in [3.63, 3.8) is 0 Å². The van der Waals surface area contributed by atoms with Crippen molar-refractivity contribution in [1.82, 2.24) is 4.98 Å². The molecule has 0 radical (unpaired) electrons. The maximum absolute atomic E-state index is 4.28. The second-order valence-corrected chi connectivity index (χ2v) is 5.46. The van der Waals surface area contributed by atoms with E-state index in [-0.39, 0.29) is 0 Å². The Hall–Kier alpha value is -1.83. The zero-order chi connectivity index (χ0) is 13.7. The molecule has 2 rings (SSSR count). The molecule has 0 aliphatic heterocycles. The van der Waals surface area contributed by atoms with Gasteiger partial charge in [0.05, 0.1) is 11.9 Å². The van der Waals surface area contributed by atoms with Crippen molar-refractivity contribution in [2.45, 2.75) is 33.7 Å². The van der Waals surface area contributed by atoms with Gasteiger partial charge in [-0.25, -0.2) is 0 Å². The van der Waals surface area contributed by atoms with Gasteiger partial charge in [-0.05, 0) is 42.5 Å². The van der Waals surface area contributed by atoms with Crippen LogP contribution >= 0.6 is 0 Å². The number of nitrogens with zero attached hydrogens (tertiary/aromatic N) is 1. The minimum absolute atomic E-state index is 0.711. The molecule has 0 saturated heterocycles. The molecular weight excluding hydrogens is 232 g/mol.